The second-order valence-corrected chi connectivity index (χ2v) is 9.40. The van der Waals surface area contributed by atoms with Crippen LogP contribution >= 0.6 is 34.9 Å². The van der Waals surface area contributed by atoms with Crippen molar-refractivity contribution >= 4 is 40.8 Å². The molecule has 4 nitrogen and oxygen atoms in total. The van der Waals surface area contributed by atoms with Crippen LogP contribution in [0.15, 0.2) is 39.0 Å². The highest BCUT2D eigenvalue weighted by molar-refractivity contribution is 8.03. The number of rotatable bonds is 9. The van der Waals surface area contributed by atoms with Gasteiger partial charge >= 0.3 is 0 Å². The molecule has 3 rings (SSSR count). The van der Waals surface area contributed by atoms with Gasteiger partial charge in [0, 0.05) is 11.8 Å². The Morgan fingerprint density at radius 2 is 2.04 bits per heavy atom. The Bertz CT molecular complexity index is 658. The van der Waals surface area contributed by atoms with Crippen LogP contribution in [0.2, 0.25) is 0 Å². The Balaban J connectivity index is 1.68. The maximum atomic E-state index is 12.6. The van der Waals surface area contributed by atoms with Gasteiger partial charge in [-0.25, -0.2) is 0 Å². The fraction of sp³-hybridized carbons (Fsp3) is 0.471. The van der Waals surface area contributed by atoms with Crippen LogP contribution in [0, 0.1) is 0 Å². The standard InChI is InChI=1S/C17H21N3OS3/c1-2-3-11-22-16-19-20-17(24-16)23-14(12-7-5-4-6-8-12)15(21)18-13-9-10-13/h4-8,13-14H,2-3,9-11H2,1H3,(H,18,21)/t14-/m0/s1. The topological polar surface area (TPSA) is 54.9 Å². The summed E-state index contributed by atoms with van der Waals surface area (Å²) in [7, 11) is 0. The van der Waals surface area contributed by atoms with Crippen molar-refractivity contribution in [3.05, 3.63) is 35.9 Å². The van der Waals surface area contributed by atoms with Crippen molar-refractivity contribution in [2.75, 3.05) is 5.75 Å². The van der Waals surface area contributed by atoms with Crippen LogP contribution in [0.1, 0.15) is 43.4 Å². The number of carbonyl (C=O) groups is 1. The largest absolute Gasteiger partial charge is 0.352 e. The van der Waals surface area contributed by atoms with E-state index in [1.807, 2.05) is 30.3 Å². The normalized spacial score (nSPS) is 15.2. The van der Waals surface area contributed by atoms with E-state index in [1.165, 1.54) is 24.6 Å². The van der Waals surface area contributed by atoms with Crippen molar-refractivity contribution < 1.29 is 4.79 Å². The van der Waals surface area contributed by atoms with E-state index in [-0.39, 0.29) is 11.2 Å². The maximum Gasteiger partial charge on any atom is 0.238 e. The van der Waals surface area contributed by atoms with Crippen LogP contribution in [0.25, 0.3) is 0 Å². The average molecular weight is 380 g/mol. The van der Waals surface area contributed by atoms with E-state index < -0.39 is 0 Å². The lowest BCUT2D eigenvalue weighted by Crippen LogP contribution is -2.29. The lowest BCUT2D eigenvalue weighted by molar-refractivity contribution is -0.120. The zero-order chi connectivity index (χ0) is 16.8. The van der Waals surface area contributed by atoms with Crippen molar-refractivity contribution in [1.29, 1.82) is 0 Å². The maximum absolute atomic E-state index is 12.6. The smallest absolute Gasteiger partial charge is 0.238 e. The summed E-state index contributed by atoms with van der Waals surface area (Å²) in [5.74, 6) is 1.14. The number of hydrogen-bond donors (Lipinski definition) is 1. The summed E-state index contributed by atoms with van der Waals surface area (Å²) >= 11 is 4.83. The van der Waals surface area contributed by atoms with Gasteiger partial charge in [0.25, 0.3) is 0 Å². The first kappa shape index (κ1) is 17.8. The third-order valence-electron chi connectivity index (χ3n) is 3.59. The SMILES string of the molecule is CCCCSc1nnc(S[C@H](C(=O)NC2CC2)c2ccccc2)s1. The van der Waals surface area contributed by atoms with Crippen molar-refractivity contribution in [1.82, 2.24) is 15.5 Å². The Kier molecular flexibility index (Phi) is 6.57. The van der Waals surface area contributed by atoms with Crippen LogP contribution in [0.5, 0.6) is 0 Å². The molecule has 1 atom stereocenters. The summed E-state index contributed by atoms with van der Waals surface area (Å²) < 4.78 is 1.84. The Hall–Kier alpha value is -1.05. The Labute approximate surface area is 155 Å². The summed E-state index contributed by atoms with van der Waals surface area (Å²) in [6.45, 7) is 2.19. The number of amides is 1. The number of aromatic nitrogens is 2. The van der Waals surface area contributed by atoms with E-state index in [9.17, 15) is 4.79 Å². The lowest BCUT2D eigenvalue weighted by atomic mass is 10.1. The molecule has 1 N–H and O–H groups in total. The number of nitrogens with zero attached hydrogens (tertiary/aromatic N) is 2. The first-order valence-electron chi connectivity index (χ1n) is 8.24. The van der Waals surface area contributed by atoms with Gasteiger partial charge in [0.15, 0.2) is 8.68 Å². The van der Waals surface area contributed by atoms with Crippen molar-refractivity contribution in [3.8, 4) is 0 Å². The number of benzene rings is 1. The molecule has 24 heavy (non-hydrogen) atoms. The first-order chi connectivity index (χ1) is 11.8. The van der Waals surface area contributed by atoms with Crippen LogP contribution in [-0.2, 0) is 4.79 Å². The Morgan fingerprint density at radius 3 is 2.75 bits per heavy atom. The Morgan fingerprint density at radius 1 is 1.29 bits per heavy atom. The highest BCUT2D eigenvalue weighted by Gasteiger charge is 2.29. The molecule has 7 heteroatoms. The van der Waals surface area contributed by atoms with Gasteiger partial charge in [0.1, 0.15) is 5.25 Å². The minimum atomic E-state index is -0.270. The molecule has 128 valence electrons. The van der Waals surface area contributed by atoms with Crippen molar-refractivity contribution in [3.63, 3.8) is 0 Å². The third kappa shape index (κ3) is 5.22. The summed E-state index contributed by atoms with van der Waals surface area (Å²) in [6, 6.07) is 10.3. The van der Waals surface area contributed by atoms with Gasteiger partial charge in [-0.1, -0.05) is 78.5 Å². The van der Waals surface area contributed by atoms with Crippen LogP contribution in [-0.4, -0.2) is 27.9 Å². The molecule has 0 radical (unpaired) electrons. The molecule has 0 aliphatic heterocycles. The molecular weight excluding hydrogens is 358 g/mol. The van der Waals surface area contributed by atoms with Gasteiger partial charge in [-0.3, -0.25) is 4.79 Å². The number of unbranched alkanes of at least 4 members (excludes halogenated alkanes) is 1. The van der Waals surface area contributed by atoms with E-state index in [0.29, 0.717) is 6.04 Å². The molecule has 1 fully saturated rings. The molecule has 0 bridgehead atoms. The number of hydrogen-bond acceptors (Lipinski definition) is 6. The molecule has 0 saturated heterocycles. The van der Waals surface area contributed by atoms with E-state index in [4.69, 9.17) is 0 Å². The summed E-state index contributed by atoms with van der Waals surface area (Å²) in [5, 5.41) is 11.4. The van der Waals surface area contributed by atoms with Gasteiger partial charge in [-0.2, -0.15) is 0 Å². The van der Waals surface area contributed by atoms with Gasteiger partial charge in [0.2, 0.25) is 5.91 Å². The first-order valence-corrected chi connectivity index (χ1v) is 10.9. The van der Waals surface area contributed by atoms with Gasteiger partial charge in [-0.15, -0.1) is 10.2 Å². The van der Waals surface area contributed by atoms with Crippen LogP contribution in [0.3, 0.4) is 0 Å². The molecule has 1 aliphatic carbocycles. The van der Waals surface area contributed by atoms with Crippen molar-refractivity contribution in [2.45, 2.75) is 52.6 Å². The monoisotopic (exact) mass is 379 g/mol. The van der Waals surface area contributed by atoms with E-state index in [1.54, 1.807) is 23.1 Å². The van der Waals surface area contributed by atoms with Gasteiger partial charge in [0.05, 0.1) is 0 Å². The highest BCUT2D eigenvalue weighted by atomic mass is 32.2. The zero-order valence-corrected chi connectivity index (χ0v) is 16.1. The third-order valence-corrected chi connectivity index (χ3v) is 7.08. The summed E-state index contributed by atoms with van der Waals surface area (Å²) in [5.41, 5.74) is 1.01. The van der Waals surface area contributed by atoms with E-state index in [2.05, 4.69) is 22.4 Å². The summed E-state index contributed by atoms with van der Waals surface area (Å²) in [4.78, 5) is 12.6. The molecular formula is C17H21N3OS3. The molecule has 1 amide bonds. The number of carbonyl (C=O) groups excluding carboxylic acids is 1. The summed E-state index contributed by atoms with van der Waals surface area (Å²) in [6.07, 6.45) is 4.55. The predicted molar refractivity (Wildman–Crippen MR) is 102 cm³/mol. The van der Waals surface area contributed by atoms with Gasteiger partial charge < -0.3 is 5.32 Å². The lowest BCUT2D eigenvalue weighted by Gasteiger charge is -2.15. The highest BCUT2D eigenvalue weighted by Crippen LogP contribution is 2.39. The molecule has 1 aromatic heterocycles. The number of thioether (sulfide) groups is 2. The fourth-order valence-corrected chi connectivity index (χ4v) is 5.49. The predicted octanol–water partition coefficient (Wildman–Crippen LogP) is 4.54. The van der Waals surface area contributed by atoms with Gasteiger partial charge in [-0.05, 0) is 24.8 Å². The molecule has 1 saturated carbocycles. The van der Waals surface area contributed by atoms with Crippen LogP contribution in [0.4, 0.5) is 0 Å². The minimum Gasteiger partial charge on any atom is -0.352 e. The molecule has 1 aliphatic rings. The second-order valence-electron chi connectivity index (χ2n) is 5.73. The van der Waals surface area contributed by atoms with E-state index >= 15 is 0 Å². The molecule has 0 unspecified atom stereocenters. The molecule has 1 heterocycles. The average Bonchev–Trinajstić information content (AvgIpc) is 3.30. The second kappa shape index (κ2) is 8.87. The van der Waals surface area contributed by atoms with Crippen LogP contribution < -0.4 is 5.32 Å². The zero-order valence-electron chi connectivity index (χ0n) is 13.6. The molecule has 0 spiro atoms. The quantitative estimate of drug-likeness (QED) is 0.512. The molecule has 1 aromatic carbocycles. The van der Waals surface area contributed by atoms with E-state index in [0.717, 1.165) is 32.8 Å². The minimum absolute atomic E-state index is 0.0732. The molecule has 2 aromatic rings. The number of nitrogens with one attached hydrogen (secondary N) is 1. The fourth-order valence-electron chi connectivity index (χ4n) is 2.11. The van der Waals surface area contributed by atoms with Crippen molar-refractivity contribution in [2.24, 2.45) is 0 Å².